The fourth-order valence-electron chi connectivity index (χ4n) is 1.84. The summed E-state index contributed by atoms with van der Waals surface area (Å²) in [5.41, 5.74) is 2.61. The molecule has 4 heteroatoms. The van der Waals surface area contributed by atoms with Crippen LogP contribution in [0, 0.1) is 5.82 Å². The Morgan fingerprint density at radius 1 is 1.05 bits per heavy atom. The van der Waals surface area contributed by atoms with Crippen LogP contribution in [0.2, 0.25) is 0 Å². The van der Waals surface area contributed by atoms with Crippen molar-refractivity contribution in [3.05, 3.63) is 59.9 Å². The number of hydrogen-bond acceptors (Lipinski definition) is 2. The SMILES string of the molecule is CN(C)c1ccc(NC(=O)Cc2ccc(F)cc2)cc1. The van der Waals surface area contributed by atoms with Gasteiger partial charge in [0.1, 0.15) is 5.82 Å². The zero-order valence-corrected chi connectivity index (χ0v) is 11.6. The topological polar surface area (TPSA) is 32.3 Å². The Morgan fingerprint density at radius 3 is 2.20 bits per heavy atom. The van der Waals surface area contributed by atoms with E-state index in [0.717, 1.165) is 16.9 Å². The summed E-state index contributed by atoms with van der Waals surface area (Å²) < 4.78 is 12.8. The molecule has 0 aliphatic heterocycles. The fourth-order valence-corrected chi connectivity index (χ4v) is 1.84. The van der Waals surface area contributed by atoms with Crippen LogP contribution in [0.3, 0.4) is 0 Å². The maximum atomic E-state index is 12.8. The molecule has 20 heavy (non-hydrogen) atoms. The highest BCUT2D eigenvalue weighted by atomic mass is 19.1. The van der Waals surface area contributed by atoms with Gasteiger partial charge in [0.05, 0.1) is 6.42 Å². The van der Waals surface area contributed by atoms with Crippen LogP contribution in [0.15, 0.2) is 48.5 Å². The summed E-state index contributed by atoms with van der Waals surface area (Å²) in [6.07, 6.45) is 0.232. The molecule has 0 radical (unpaired) electrons. The average molecular weight is 272 g/mol. The normalized spacial score (nSPS) is 10.2. The first-order valence-electron chi connectivity index (χ1n) is 6.36. The molecular formula is C16H17FN2O. The second kappa shape index (κ2) is 6.19. The third-order valence-electron chi connectivity index (χ3n) is 2.95. The quantitative estimate of drug-likeness (QED) is 0.927. The Labute approximate surface area is 118 Å². The molecule has 0 fully saturated rings. The van der Waals surface area contributed by atoms with E-state index in [9.17, 15) is 9.18 Å². The first-order valence-corrected chi connectivity index (χ1v) is 6.36. The Hall–Kier alpha value is -2.36. The monoisotopic (exact) mass is 272 g/mol. The van der Waals surface area contributed by atoms with Gasteiger partial charge in [0.25, 0.3) is 0 Å². The molecule has 0 atom stereocenters. The second-order valence-corrected chi connectivity index (χ2v) is 4.79. The van der Waals surface area contributed by atoms with Crippen molar-refractivity contribution in [3.8, 4) is 0 Å². The molecule has 0 bridgehead atoms. The van der Waals surface area contributed by atoms with Crippen molar-refractivity contribution in [1.82, 2.24) is 0 Å². The van der Waals surface area contributed by atoms with Gasteiger partial charge in [-0.15, -0.1) is 0 Å². The van der Waals surface area contributed by atoms with Gasteiger partial charge in [0.2, 0.25) is 5.91 Å². The molecule has 0 unspecified atom stereocenters. The Kier molecular flexibility index (Phi) is 4.35. The molecule has 1 amide bonds. The van der Waals surface area contributed by atoms with Crippen molar-refractivity contribution < 1.29 is 9.18 Å². The van der Waals surface area contributed by atoms with E-state index in [1.807, 2.05) is 43.3 Å². The number of benzene rings is 2. The standard InChI is InChI=1S/C16H17FN2O/c1-19(2)15-9-7-14(8-10-15)18-16(20)11-12-3-5-13(17)6-4-12/h3-10H,11H2,1-2H3,(H,18,20). The highest BCUT2D eigenvalue weighted by Gasteiger charge is 2.04. The lowest BCUT2D eigenvalue weighted by Gasteiger charge is -2.13. The van der Waals surface area contributed by atoms with Crippen LogP contribution in [-0.2, 0) is 11.2 Å². The minimum atomic E-state index is -0.298. The summed E-state index contributed by atoms with van der Waals surface area (Å²) in [5, 5.41) is 2.82. The zero-order chi connectivity index (χ0) is 14.5. The summed E-state index contributed by atoms with van der Waals surface area (Å²) in [5.74, 6) is -0.414. The highest BCUT2D eigenvalue weighted by Crippen LogP contribution is 2.16. The number of amides is 1. The molecular weight excluding hydrogens is 255 g/mol. The molecule has 2 rings (SSSR count). The minimum Gasteiger partial charge on any atom is -0.378 e. The van der Waals surface area contributed by atoms with Crippen molar-refractivity contribution in [1.29, 1.82) is 0 Å². The summed E-state index contributed by atoms with van der Waals surface area (Å²) in [6, 6.07) is 13.5. The Bertz CT molecular complexity index is 576. The molecule has 0 aromatic heterocycles. The first-order chi connectivity index (χ1) is 9.54. The Morgan fingerprint density at radius 2 is 1.65 bits per heavy atom. The molecule has 3 nitrogen and oxygen atoms in total. The van der Waals surface area contributed by atoms with E-state index in [1.165, 1.54) is 12.1 Å². The van der Waals surface area contributed by atoms with Crippen molar-refractivity contribution in [2.24, 2.45) is 0 Å². The van der Waals surface area contributed by atoms with Gasteiger partial charge >= 0.3 is 0 Å². The van der Waals surface area contributed by atoms with Crippen molar-refractivity contribution in [3.63, 3.8) is 0 Å². The fraction of sp³-hybridized carbons (Fsp3) is 0.188. The van der Waals surface area contributed by atoms with Crippen LogP contribution >= 0.6 is 0 Å². The van der Waals surface area contributed by atoms with Crippen LogP contribution in [0.4, 0.5) is 15.8 Å². The van der Waals surface area contributed by atoms with E-state index in [2.05, 4.69) is 5.32 Å². The third-order valence-corrected chi connectivity index (χ3v) is 2.95. The number of carbonyl (C=O) groups is 1. The number of hydrogen-bond donors (Lipinski definition) is 1. The van der Waals surface area contributed by atoms with Crippen LogP contribution < -0.4 is 10.2 Å². The molecule has 1 N–H and O–H groups in total. The zero-order valence-electron chi connectivity index (χ0n) is 11.6. The van der Waals surface area contributed by atoms with Gasteiger partial charge in [0.15, 0.2) is 0 Å². The predicted molar refractivity (Wildman–Crippen MR) is 79.5 cm³/mol. The van der Waals surface area contributed by atoms with E-state index in [-0.39, 0.29) is 18.1 Å². The summed E-state index contributed by atoms with van der Waals surface area (Å²) in [6.45, 7) is 0. The van der Waals surface area contributed by atoms with Crippen LogP contribution in [0.5, 0.6) is 0 Å². The lowest BCUT2D eigenvalue weighted by atomic mass is 10.1. The van der Waals surface area contributed by atoms with E-state index >= 15 is 0 Å². The number of rotatable bonds is 4. The Balaban J connectivity index is 1.95. The van der Waals surface area contributed by atoms with Gasteiger partial charge in [-0.2, -0.15) is 0 Å². The summed E-state index contributed by atoms with van der Waals surface area (Å²) in [7, 11) is 3.92. The molecule has 0 aliphatic rings. The molecule has 0 heterocycles. The molecule has 2 aromatic carbocycles. The maximum absolute atomic E-state index is 12.8. The van der Waals surface area contributed by atoms with Crippen molar-refractivity contribution in [2.45, 2.75) is 6.42 Å². The van der Waals surface area contributed by atoms with Gasteiger partial charge in [-0.3, -0.25) is 4.79 Å². The second-order valence-electron chi connectivity index (χ2n) is 4.79. The summed E-state index contributed by atoms with van der Waals surface area (Å²) >= 11 is 0. The average Bonchev–Trinajstić information content (AvgIpc) is 2.42. The third kappa shape index (κ3) is 3.82. The smallest absolute Gasteiger partial charge is 0.228 e. The van der Waals surface area contributed by atoms with E-state index in [4.69, 9.17) is 0 Å². The van der Waals surface area contributed by atoms with Gasteiger partial charge in [0, 0.05) is 25.5 Å². The number of nitrogens with one attached hydrogen (secondary N) is 1. The van der Waals surface area contributed by atoms with E-state index < -0.39 is 0 Å². The summed E-state index contributed by atoms with van der Waals surface area (Å²) in [4.78, 5) is 13.9. The van der Waals surface area contributed by atoms with Crippen LogP contribution in [-0.4, -0.2) is 20.0 Å². The molecule has 104 valence electrons. The molecule has 0 saturated heterocycles. The van der Waals surface area contributed by atoms with Crippen LogP contribution in [0.1, 0.15) is 5.56 Å². The molecule has 0 spiro atoms. The lowest BCUT2D eigenvalue weighted by Crippen LogP contribution is -2.14. The van der Waals surface area contributed by atoms with Crippen LogP contribution in [0.25, 0.3) is 0 Å². The maximum Gasteiger partial charge on any atom is 0.228 e. The van der Waals surface area contributed by atoms with Crippen molar-refractivity contribution >= 4 is 17.3 Å². The number of halogens is 1. The molecule has 0 aliphatic carbocycles. The highest BCUT2D eigenvalue weighted by molar-refractivity contribution is 5.92. The largest absolute Gasteiger partial charge is 0.378 e. The molecule has 0 saturated carbocycles. The number of nitrogens with zero attached hydrogens (tertiary/aromatic N) is 1. The van der Waals surface area contributed by atoms with E-state index in [1.54, 1.807) is 12.1 Å². The van der Waals surface area contributed by atoms with Crippen molar-refractivity contribution in [2.75, 3.05) is 24.3 Å². The van der Waals surface area contributed by atoms with Gasteiger partial charge in [-0.1, -0.05) is 12.1 Å². The van der Waals surface area contributed by atoms with Gasteiger partial charge < -0.3 is 10.2 Å². The minimum absolute atomic E-state index is 0.116. The predicted octanol–water partition coefficient (Wildman–Crippen LogP) is 3.07. The van der Waals surface area contributed by atoms with Gasteiger partial charge in [-0.25, -0.2) is 4.39 Å². The van der Waals surface area contributed by atoms with E-state index in [0.29, 0.717) is 0 Å². The first kappa shape index (κ1) is 14.1. The number of anilines is 2. The molecule has 2 aromatic rings. The lowest BCUT2D eigenvalue weighted by molar-refractivity contribution is -0.115. The number of carbonyl (C=O) groups excluding carboxylic acids is 1. The van der Waals surface area contributed by atoms with Gasteiger partial charge in [-0.05, 0) is 42.0 Å².